The van der Waals surface area contributed by atoms with E-state index in [1.807, 2.05) is 24.3 Å². The molecule has 2 aromatic heterocycles. The number of para-hydroxylation sites is 1. The summed E-state index contributed by atoms with van der Waals surface area (Å²) in [5.74, 6) is -0.0919. The van der Waals surface area contributed by atoms with Gasteiger partial charge >= 0.3 is 0 Å². The number of hydrogen-bond acceptors (Lipinski definition) is 5. The Morgan fingerprint density at radius 3 is 2.29 bits per heavy atom. The van der Waals surface area contributed by atoms with E-state index in [0.717, 1.165) is 0 Å². The zero-order chi connectivity index (χ0) is 24.4. The molecule has 7 nitrogen and oxygen atoms in total. The minimum atomic E-state index is -0.589. The highest BCUT2D eigenvalue weighted by Crippen LogP contribution is 2.48. The lowest BCUT2D eigenvalue weighted by molar-refractivity contribution is 0.0992. The highest BCUT2D eigenvalue weighted by atomic mass is 35.5. The van der Waals surface area contributed by atoms with E-state index in [2.05, 4.69) is 10.4 Å². The average Bonchev–Trinajstić information content (AvgIpc) is 3.49. The molecular weight excluding hydrogens is 546 g/mol. The molecule has 0 unspecified atom stereocenters. The summed E-state index contributed by atoms with van der Waals surface area (Å²) in [6.45, 7) is -0.133. The fraction of sp³-hybridized carbons (Fsp3) is 0.0455. The second-order valence-electron chi connectivity index (χ2n) is 6.67. The third-order valence-electron chi connectivity index (χ3n) is 4.54. The van der Waals surface area contributed by atoms with Crippen molar-refractivity contribution in [2.24, 2.45) is 0 Å². The lowest BCUT2D eigenvalue weighted by Gasteiger charge is -2.12. The maximum atomic E-state index is 12.8. The molecule has 0 aliphatic rings. The van der Waals surface area contributed by atoms with Gasteiger partial charge in [-0.2, -0.15) is 10.4 Å². The van der Waals surface area contributed by atoms with Crippen molar-refractivity contribution in [3.05, 3.63) is 90.9 Å². The van der Waals surface area contributed by atoms with E-state index in [-0.39, 0.29) is 60.4 Å². The van der Waals surface area contributed by atoms with Crippen LogP contribution < -0.4 is 10.1 Å². The van der Waals surface area contributed by atoms with Crippen molar-refractivity contribution in [1.29, 1.82) is 5.26 Å². The molecule has 0 saturated heterocycles. The first-order valence-electron chi connectivity index (χ1n) is 9.39. The van der Waals surface area contributed by atoms with Gasteiger partial charge in [-0.15, -0.1) is 0 Å². The molecule has 4 rings (SSSR count). The molecule has 2 heterocycles. The number of carbonyl (C=O) groups is 1. The SMILES string of the molecule is N#Cc1cnn(-c2ccccc2)c1NC(=O)c1ccc(COc2c(Cl)c(Cl)c(Cl)c(Cl)c2Cl)o1. The number of ether oxygens (including phenoxy) is 1. The van der Waals surface area contributed by atoms with Gasteiger partial charge in [-0.25, -0.2) is 4.68 Å². The van der Waals surface area contributed by atoms with E-state index in [4.69, 9.17) is 67.2 Å². The summed E-state index contributed by atoms with van der Waals surface area (Å²) in [5, 5.41) is 16.2. The predicted molar refractivity (Wildman–Crippen MR) is 131 cm³/mol. The van der Waals surface area contributed by atoms with Crippen LogP contribution >= 0.6 is 58.0 Å². The van der Waals surface area contributed by atoms with Gasteiger partial charge in [0.05, 0.1) is 27.0 Å². The van der Waals surface area contributed by atoms with Gasteiger partial charge in [-0.05, 0) is 24.3 Å². The average molecular weight is 557 g/mol. The first-order chi connectivity index (χ1) is 16.3. The van der Waals surface area contributed by atoms with Gasteiger partial charge in [0, 0.05) is 0 Å². The quantitative estimate of drug-likeness (QED) is 0.197. The number of hydrogen-bond donors (Lipinski definition) is 1. The van der Waals surface area contributed by atoms with Gasteiger partial charge in [-0.1, -0.05) is 76.2 Å². The third-order valence-corrected chi connectivity index (χ3v) is 6.78. The van der Waals surface area contributed by atoms with E-state index in [0.29, 0.717) is 5.69 Å². The Kier molecular flexibility index (Phi) is 7.27. The minimum absolute atomic E-state index is 0.00410. The Bertz CT molecular complexity index is 1400. The summed E-state index contributed by atoms with van der Waals surface area (Å²) < 4.78 is 12.6. The molecule has 1 N–H and O–H groups in total. The summed E-state index contributed by atoms with van der Waals surface area (Å²) in [7, 11) is 0. The molecule has 0 aliphatic carbocycles. The molecule has 12 heteroatoms. The van der Waals surface area contributed by atoms with Gasteiger partial charge < -0.3 is 14.5 Å². The Morgan fingerprint density at radius 2 is 1.65 bits per heavy atom. The van der Waals surface area contributed by atoms with Crippen LogP contribution in [0, 0.1) is 11.3 Å². The van der Waals surface area contributed by atoms with E-state index in [1.165, 1.54) is 23.0 Å². The van der Waals surface area contributed by atoms with Crippen LogP contribution in [0.15, 0.2) is 53.1 Å². The van der Waals surface area contributed by atoms with Crippen molar-refractivity contribution in [3.8, 4) is 17.5 Å². The Labute approximate surface area is 218 Å². The topological polar surface area (TPSA) is 93.1 Å². The fourth-order valence-corrected chi connectivity index (χ4v) is 4.15. The van der Waals surface area contributed by atoms with E-state index in [1.54, 1.807) is 12.1 Å². The molecule has 0 bridgehead atoms. The maximum absolute atomic E-state index is 12.8. The summed E-state index contributed by atoms with van der Waals surface area (Å²) in [4.78, 5) is 12.8. The largest absolute Gasteiger partial charge is 0.482 e. The van der Waals surface area contributed by atoms with Crippen molar-refractivity contribution in [2.75, 3.05) is 5.32 Å². The molecule has 0 radical (unpaired) electrons. The Balaban J connectivity index is 1.52. The van der Waals surface area contributed by atoms with Gasteiger partial charge in [-0.3, -0.25) is 4.79 Å². The van der Waals surface area contributed by atoms with Gasteiger partial charge in [0.2, 0.25) is 0 Å². The summed E-state index contributed by atoms with van der Waals surface area (Å²) in [6, 6.07) is 14.0. The maximum Gasteiger partial charge on any atom is 0.292 e. The number of nitriles is 1. The zero-order valence-corrected chi connectivity index (χ0v) is 20.6. The summed E-state index contributed by atoms with van der Waals surface area (Å²) in [6.07, 6.45) is 1.36. The molecule has 0 spiro atoms. The molecule has 172 valence electrons. The van der Waals surface area contributed by atoms with Gasteiger partial charge in [0.15, 0.2) is 17.3 Å². The van der Waals surface area contributed by atoms with Crippen LogP contribution in [-0.4, -0.2) is 15.7 Å². The first-order valence-corrected chi connectivity index (χ1v) is 11.3. The number of halogens is 5. The number of nitrogens with one attached hydrogen (secondary N) is 1. The van der Waals surface area contributed by atoms with Crippen molar-refractivity contribution < 1.29 is 13.9 Å². The van der Waals surface area contributed by atoms with Crippen LogP contribution in [0.25, 0.3) is 5.69 Å². The van der Waals surface area contributed by atoms with Crippen LogP contribution in [0.3, 0.4) is 0 Å². The van der Waals surface area contributed by atoms with Gasteiger partial charge in [0.1, 0.15) is 34.0 Å². The molecule has 34 heavy (non-hydrogen) atoms. The van der Waals surface area contributed by atoms with Crippen molar-refractivity contribution in [3.63, 3.8) is 0 Å². The number of rotatable bonds is 6. The van der Waals surface area contributed by atoms with Crippen LogP contribution in [0.1, 0.15) is 21.9 Å². The number of nitrogens with zero attached hydrogens (tertiary/aromatic N) is 3. The second kappa shape index (κ2) is 10.2. The van der Waals surface area contributed by atoms with Crippen molar-refractivity contribution in [1.82, 2.24) is 9.78 Å². The molecule has 0 aliphatic heterocycles. The smallest absolute Gasteiger partial charge is 0.292 e. The number of amides is 1. The normalized spacial score (nSPS) is 10.7. The fourth-order valence-electron chi connectivity index (χ4n) is 2.92. The van der Waals surface area contributed by atoms with Crippen LogP contribution in [0.5, 0.6) is 5.75 Å². The molecule has 1 amide bonds. The monoisotopic (exact) mass is 554 g/mol. The van der Waals surface area contributed by atoms with E-state index < -0.39 is 5.91 Å². The molecular formula is C22H11Cl5N4O3. The predicted octanol–water partition coefficient (Wildman–Crippen LogP) is 7.44. The Morgan fingerprint density at radius 1 is 1.00 bits per heavy atom. The lowest BCUT2D eigenvalue weighted by atomic mass is 10.3. The number of aromatic nitrogens is 2. The molecule has 0 saturated carbocycles. The lowest BCUT2D eigenvalue weighted by Crippen LogP contribution is -2.15. The first kappa shape index (κ1) is 24.3. The Hall–Kier alpha value is -2.86. The third kappa shape index (κ3) is 4.69. The molecule has 2 aromatic carbocycles. The van der Waals surface area contributed by atoms with Crippen LogP contribution in [-0.2, 0) is 6.61 Å². The van der Waals surface area contributed by atoms with Gasteiger partial charge in [0.25, 0.3) is 5.91 Å². The second-order valence-corrected chi connectivity index (χ2v) is 8.56. The van der Waals surface area contributed by atoms with Crippen LogP contribution in [0.2, 0.25) is 25.1 Å². The zero-order valence-electron chi connectivity index (χ0n) is 16.8. The summed E-state index contributed by atoms with van der Waals surface area (Å²) in [5.41, 5.74) is 0.856. The minimum Gasteiger partial charge on any atom is -0.482 e. The highest BCUT2D eigenvalue weighted by molar-refractivity contribution is 6.55. The molecule has 4 aromatic rings. The van der Waals surface area contributed by atoms with Crippen molar-refractivity contribution in [2.45, 2.75) is 6.61 Å². The summed E-state index contributed by atoms with van der Waals surface area (Å²) >= 11 is 30.4. The molecule has 0 atom stereocenters. The number of furan rings is 1. The molecule has 0 fully saturated rings. The van der Waals surface area contributed by atoms with Crippen molar-refractivity contribution >= 4 is 69.7 Å². The highest BCUT2D eigenvalue weighted by Gasteiger charge is 2.22. The number of anilines is 1. The van der Waals surface area contributed by atoms with E-state index >= 15 is 0 Å². The standard InChI is InChI=1S/C22H11Cl5N4O3/c23-15-16(24)18(26)20(19(27)17(15)25)33-10-13-6-7-14(34-13)22(32)30-21-11(8-28)9-29-31(21)12-4-2-1-3-5-12/h1-7,9H,10H2,(H,30,32). The van der Waals surface area contributed by atoms with E-state index in [9.17, 15) is 10.1 Å². The number of carbonyl (C=O) groups excluding carboxylic acids is 1. The number of benzene rings is 2. The van der Waals surface area contributed by atoms with Crippen LogP contribution in [0.4, 0.5) is 5.82 Å².